The number of ether oxygens (including phenoxy) is 4. The predicted molar refractivity (Wildman–Crippen MR) is 109 cm³/mol. The van der Waals surface area contributed by atoms with Crippen LogP contribution in [-0.2, 0) is 38.7 Å². The first-order valence-electron chi connectivity index (χ1n) is 10.6. The Morgan fingerprint density at radius 3 is 2.09 bits per heavy atom. The minimum Gasteiger partial charge on any atom is -0.462 e. The molecule has 1 fully saturated rings. The first-order chi connectivity index (χ1) is 15.0. The Labute approximate surface area is 187 Å². The lowest BCUT2D eigenvalue weighted by Crippen LogP contribution is -2.60. The van der Waals surface area contributed by atoms with Gasteiger partial charge in [-0.3, -0.25) is 14.1 Å². The summed E-state index contributed by atoms with van der Waals surface area (Å²) in [6, 6.07) is 0. The van der Waals surface area contributed by atoms with Crippen molar-refractivity contribution in [1.29, 1.82) is 0 Å². The van der Waals surface area contributed by atoms with E-state index in [4.69, 9.17) is 23.5 Å². The van der Waals surface area contributed by atoms with Crippen LogP contribution in [-0.4, -0.2) is 96.0 Å². The molecule has 32 heavy (non-hydrogen) atoms. The summed E-state index contributed by atoms with van der Waals surface area (Å²) in [6.07, 6.45) is -6.49. The van der Waals surface area contributed by atoms with E-state index in [9.17, 15) is 33.3 Å². The van der Waals surface area contributed by atoms with Gasteiger partial charge in [-0.1, -0.05) is 26.7 Å². The second-order valence-electron chi connectivity index (χ2n) is 7.60. The van der Waals surface area contributed by atoms with Gasteiger partial charge in [0.15, 0.2) is 12.4 Å². The molecule has 1 heterocycles. The molecule has 0 saturated carbocycles. The van der Waals surface area contributed by atoms with Crippen LogP contribution in [0.3, 0.4) is 0 Å². The first kappa shape index (κ1) is 28.7. The Bertz CT molecular complexity index is 682. The fourth-order valence-electron chi connectivity index (χ4n) is 2.86. The molecule has 4 N–H and O–H groups in total. The van der Waals surface area contributed by atoms with Gasteiger partial charge >= 0.3 is 11.9 Å². The van der Waals surface area contributed by atoms with E-state index < -0.39 is 71.2 Å². The summed E-state index contributed by atoms with van der Waals surface area (Å²) in [5, 5.41) is 29.9. The van der Waals surface area contributed by atoms with Gasteiger partial charge in [0.25, 0.3) is 10.1 Å². The Morgan fingerprint density at radius 2 is 1.53 bits per heavy atom. The second kappa shape index (κ2) is 14.0. The van der Waals surface area contributed by atoms with Gasteiger partial charge in [-0.05, 0) is 12.8 Å². The van der Waals surface area contributed by atoms with Gasteiger partial charge in [0, 0.05) is 12.8 Å². The van der Waals surface area contributed by atoms with E-state index in [1.165, 1.54) is 0 Å². The Morgan fingerprint density at radius 1 is 0.938 bits per heavy atom. The van der Waals surface area contributed by atoms with Gasteiger partial charge in [-0.25, -0.2) is 0 Å². The molecule has 0 aromatic rings. The summed E-state index contributed by atoms with van der Waals surface area (Å²) in [5.74, 6) is -2.07. The molecule has 0 aromatic carbocycles. The fraction of sp³-hybridized carbons (Fsp3) is 0.895. The van der Waals surface area contributed by atoms with Crippen molar-refractivity contribution in [3.05, 3.63) is 0 Å². The SMILES string of the molecule is CCCCC(=O)OC[C@H](CO[C@@H]1O[C@H](CS(=O)(=O)O)[C@@H](O)[C@H](O)[C@H]1O)OC(=O)CCCC. The monoisotopic (exact) mass is 486 g/mol. The van der Waals surface area contributed by atoms with Crippen LogP contribution in [0.4, 0.5) is 0 Å². The molecule has 1 rings (SSSR count). The zero-order chi connectivity index (χ0) is 24.3. The molecule has 1 aliphatic heterocycles. The van der Waals surface area contributed by atoms with Crippen molar-refractivity contribution in [1.82, 2.24) is 0 Å². The Kier molecular flexibility index (Phi) is 12.6. The molecule has 0 amide bonds. The molecule has 6 atom stereocenters. The van der Waals surface area contributed by atoms with Gasteiger partial charge in [0.2, 0.25) is 0 Å². The minimum absolute atomic E-state index is 0.140. The molecule has 13 heteroatoms. The average molecular weight is 487 g/mol. The molecule has 0 radical (unpaired) electrons. The van der Waals surface area contributed by atoms with E-state index in [2.05, 4.69) is 0 Å². The maximum absolute atomic E-state index is 12.0. The number of aliphatic hydroxyl groups is 3. The topological polar surface area (TPSA) is 186 Å². The number of carbonyl (C=O) groups excluding carboxylic acids is 2. The number of hydrogen-bond donors (Lipinski definition) is 4. The highest BCUT2D eigenvalue weighted by Gasteiger charge is 2.45. The highest BCUT2D eigenvalue weighted by molar-refractivity contribution is 7.85. The number of unbranched alkanes of at least 4 members (excludes halogenated alkanes) is 2. The Balaban J connectivity index is 2.76. The largest absolute Gasteiger partial charge is 0.462 e. The predicted octanol–water partition coefficient (Wildman–Crippen LogP) is -0.466. The third kappa shape index (κ3) is 10.5. The molecule has 1 aliphatic rings. The van der Waals surface area contributed by atoms with Crippen LogP contribution in [0.15, 0.2) is 0 Å². The number of esters is 2. The third-order valence-electron chi connectivity index (χ3n) is 4.69. The zero-order valence-corrected chi connectivity index (χ0v) is 19.1. The number of aliphatic hydroxyl groups excluding tert-OH is 3. The van der Waals surface area contributed by atoms with Gasteiger partial charge in [-0.2, -0.15) is 8.42 Å². The van der Waals surface area contributed by atoms with E-state index in [1.54, 1.807) is 0 Å². The van der Waals surface area contributed by atoms with E-state index in [0.29, 0.717) is 12.8 Å². The molecule has 1 saturated heterocycles. The van der Waals surface area contributed by atoms with Crippen molar-refractivity contribution in [2.45, 2.75) is 89.2 Å². The molecule has 12 nitrogen and oxygen atoms in total. The average Bonchev–Trinajstić information content (AvgIpc) is 2.72. The van der Waals surface area contributed by atoms with Crippen molar-refractivity contribution < 1.29 is 56.8 Å². The van der Waals surface area contributed by atoms with Crippen molar-refractivity contribution in [2.24, 2.45) is 0 Å². The highest BCUT2D eigenvalue weighted by atomic mass is 32.2. The molecular weight excluding hydrogens is 452 g/mol. The number of rotatable bonds is 14. The molecule has 0 spiro atoms. The lowest BCUT2D eigenvalue weighted by molar-refractivity contribution is -0.297. The standard InChI is InChI=1S/C19H34O12S/c1-3-5-7-14(20)28-9-12(30-15(21)8-6-4-2)10-29-19-18(24)17(23)16(22)13(31-19)11-32(25,26)27/h12-13,16-19,22-24H,3-11H2,1-2H3,(H,25,26,27)/t12-,13-,16-,17+,18-,19-/m1/s1. The van der Waals surface area contributed by atoms with Crippen molar-refractivity contribution in [3.63, 3.8) is 0 Å². The van der Waals surface area contributed by atoms with E-state index in [0.717, 1.165) is 12.8 Å². The lowest BCUT2D eigenvalue weighted by Gasteiger charge is -2.40. The molecule has 0 unspecified atom stereocenters. The molecular formula is C19H34O12S. The normalized spacial score (nSPS) is 27.0. The maximum Gasteiger partial charge on any atom is 0.306 e. The second-order valence-corrected chi connectivity index (χ2v) is 9.10. The van der Waals surface area contributed by atoms with Crippen molar-refractivity contribution in [3.8, 4) is 0 Å². The van der Waals surface area contributed by atoms with Crippen LogP contribution in [0.5, 0.6) is 0 Å². The number of carbonyl (C=O) groups is 2. The van der Waals surface area contributed by atoms with Crippen LogP contribution in [0, 0.1) is 0 Å². The van der Waals surface area contributed by atoms with Crippen molar-refractivity contribution in [2.75, 3.05) is 19.0 Å². The smallest absolute Gasteiger partial charge is 0.306 e. The van der Waals surface area contributed by atoms with E-state index in [1.807, 2.05) is 13.8 Å². The van der Waals surface area contributed by atoms with Gasteiger partial charge < -0.3 is 34.3 Å². The lowest BCUT2D eigenvalue weighted by atomic mass is 10.00. The van der Waals surface area contributed by atoms with E-state index in [-0.39, 0.29) is 19.4 Å². The number of hydrogen-bond acceptors (Lipinski definition) is 11. The summed E-state index contributed by atoms with van der Waals surface area (Å²) in [5.41, 5.74) is 0. The first-order valence-corrected chi connectivity index (χ1v) is 12.2. The summed E-state index contributed by atoms with van der Waals surface area (Å²) in [7, 11) is -4.56. The summed E-state index contributed by atoms with van der Waals surface area (Å²) in [4.78, 5) is 23.7. The Hall–Kier alpha value is -1.35. The molecule has 188 valence electrons. The summed E-state index contributed by atoms with van der Waals surface area (Å²) < 4.78 is 52.1. The molecule has 0 aromatic heterocycles. The summed E-state index contributed by atoms with van der Waals surface area (Å²) in [6.45, 7) is 3.08. The maximum atomic E-state index is 12.0. The van der Waals surface area contributed by atoms with Crippen LogP contribution in [0.2, 0.25) is 0 Å². The molecule has 0 bridgehead atoms. The van der Waals surface area contributed by atoms with E-state index >= 15 is 0 Å². The third-order valence-corrected chi connectivity index (χ3v) is 5.44. The van der Waals surface area contributed by atoms with Crippen LogP contribution < -0.4 is 0 Å². The molecule has 0 aliphatic carbocycles. The van der Waals surface area contributed by atoms with Gasteiger partial charge in [-0.15, -0.1) is 0 Å². The minimum atomic E-state index is -4.56. The van der Waals surface area contributed by atoms with Crippen LogP contribution in [0.1, 0.15) is 52.4 Å². The van der Waals surface area contributed by atoms with Crippen molar-refractivity contribution >= 4 is 22.1 Å². The quantitative estimate of drug-likeness (QED) is 0.183. The zero-order valence-electron chi connectivity index (χ0n) is 18.3. The van der Waals surface area contributed by atoms with Crippen LogP contribution in [0.25, 0.3) is 0 Å². The fourth-order valence-corrected chi connectivity index (χ4v) is 3.55. The van der Waals surface area contributed by atoms with Crippen LogP contribution >= 0.6 is 0 Å². The summed E-state index contributed by atoms with van der Waals surface area (Å²) >= 11 is 0. The van der Waals surface area contributed by atoms with Gasteiger partial charge in [0.05, 0.1) is 6.61 Å². The van der Waals surface area contributed by atoms with Gasteiger partial charge in [0.1, 0.15) is 36.8 Å². The highest BCUT2D eigenvalue weighted by Crippen LogP contribution is 2.23.